The van der Waals surface area contributed by atoms with Gasteiger partial charge in [0.25, 0.3) is 0 Å². The minimum absolute atomic E-state index is 0.274. The van der Waals surface area contributed by atoms with Gasteiger partial charge in [-0.3, -0.25) is 0 Å². The first-order valence-corrected chi connectivity index (χ1v) is 5.38. The van der Waals surface area contributed by atoms with Crippen LogP contribution < -0.4 is 5.32 Å². The van der Waals surface area contributed by atoms with Gasteiger partial charge in [0.2, 0.25) is 0 Å². The monoisotopic (exact) mass is 184 g/mol. The second-order valence-corrected chi connectivity index (χ2v) is 5.27. The summed E-state index contributed by atoms with van der Waals surface area (Å²) in [6.45, 7) is 11.6. The molecule has 1 aliphatic rings. The van der Waals surface area contributed by atoms with Gasteiger partial charge >= 0.3 is 0 Å². The molecule has 0 aromatic heterocycles. The molecule has 2 nitrogen and oxygen atoms in total. The first kappa shape index (κ1) is 11.0. The number of likely N-dealkylation sites (tertiary alicyclic amines) is 1. The van der Waals surface area contributed by atoms with Crippen molar-refractivity contribution in [1.82, 2.24) is 10.2 Å². The van der Waals surface area contributed by atoms with Crippen LogP contribution in [0.2, 0.25) is 0 Å². The minimum atomic E-state index is 0.274. The smallest absolute Gasteiger partial charge is 0.0212 e. The lowest BCUT2D eigenvalue weighted by Gasteiger charge is -2.34. The van der Waals surface area contributed by atoms with Crippen LogP contribution in [0.3, 0.4) is 0 Å². The summed E-state index contributed by atoms with van der Waals surface area (Å²) < 4.78 is 0. The van der Waals surface area contributed by atoms with Crippen molar-refractivity contribution in [2.24, 2.45) is 5.92 Å². The molecule has 78 valence electrons. The van der Waals surface area contributed by atoms with E-state index in [0.29, 0.717) is 12.0 Å². The third-order valence-corrected chi connectivity index (χ3v) is 3.41. The van der Waals surface area contributed by atoms with E-state index < -0.39 is 0 Å². The number of nitrogens with one attached hydrogen (secondary N) is 1. The summed E-state index contributed by atoms with van der Waals surface area (Å²) in [5.74, 6) is 0.693. The van der Waals surface area contributed by atoms with Crippen LogP contribution >= 0.6 is 0 Å². The van der Waals surface area contributed by atoms with Gasteiger partial charge in [0.1, 0.15) is 0 Å². The lowest BCUT2D eigenvalue weighted by Crippen LogP contribution is -2.50. The summed E-state index contributed by atoms with van der Waals surface area (Å²) in [6.07, 6.45) is 1.30. The van der Waals surface area contributed by atoms with E-state index in [1.807, 2.05) is 0 Å². The highest BCUT2D eigenvalue weighted by atomic mass is 15.2. The molecule has 0 aromatic rings. The Balaban J connectivity index is 2.40. The number of likely N-dealkylation sites (N-methyl/N-ethyl adjacent to an activating group) is 1. The van der Waals surface area contributed by atoms with E-state index in [2.05, 4.69) is 45.0 Å². The molecule has 0 bridgehead atoms. The van der Waals surface area contributed by atoms with Crippen molar-refractivity contribution in [2.45, 2.75) is 45.7 Å². The fourth-order valence-corrected chi connectivity index (χ4v) is 1.75. The second-order valence-electron chi connectivity index (χ2n) is 5.27. The van der Waals surface area contributed by atoms with E-state index in [0.717, 1.165) is 0 Å². The zero-order chi connectivity index (χ0) is 10.1. The molecule has 0 amide bonds. The number of hydrogen-bond acceptors (Lipinski definition) is 2. The summed E-state index contributed by atoms with van der Waals surface area (Å²) in [5.41, 5.74) is 0.274. The molecule has 0 radical (unpaired) electrons. The lowest BCUT2D eigenvalue weighted by molar-refractivity contribution is 0.253. The van der Waals surface area contributed by atoms with E-state index >= 15 is 0 Å². The van der Waals surface area contributed by atoms with Gasteiger partial charge in [-0.25, -0.2) is 0 Å². The third-order valence-electron chi connectivity index (χ3n) is 3.41. The zero-order valence-corrected chi connectivity index (χ0v) is 9.72. The maximum Gasteiger partial charge on any atom is 0.0212 e. The molecule has 0 saturated carbocycles. The molecular weight excluding hydrogens is 160 g/mol. The van der Waals surface area contributed by atoms with E-state index in [4.69, 9.17) is 0 Å². The van der Waals surface area contributed by atoms with Gasteiger partial charge in [0.15, 0.2) is 0 Å². The molecule has 1 rings (SSSR count). The van der Waals surface area contributed by atoms with Crippen molar-refractivity contribution < 1.29 is 0 Å². The quantitative estimate of drug-likeness (QED) is 0.718. The summed E-state index contributed by atoms with van der Waals surface area (Å²) >= 11 is 0. The Kier molecular flexibility index (Phi) is 3.36. The van der Waals surface area contributed by atoms with Crippen LogP contribution in [0.4, 0.5) is 0 Å². The number of nitrogens with zero attached hydrogens (tertiary/aromatic N) is 1. The molecule has 0 aliphatic carbocycles. The SMILES string of the molecule is CC(C)C(C)(C)N[C@H]1CCN(C)C1. The Morgan fingerprint density at radius 2 is 2.00 bits per heavy atom. The van der Waals surface area contributed by atoms with Gasteiger partial charge in [0.05, 0.1) is 0 Å². The predicted molar refractivity (Wildman–Crippen MR) is 58.0 cm³/mol. The Labute approximate surface area is 82.7 Å². The highest BCUT2D eigenvalue weighted by Crippen LogP contribution is 2.18. The first-order valence-electron chi connectivity index (χ1n) is 5.38. The summed E-state index contributed by atoms with van der Waals surface area (Å²) in [4.78, 5) is 2.40. The van der Waals surface area contributed by atoms with E-state index in [-0.39, 0.29) is 5.54 Å². The molecule has 1 aliphatic heterocycles. The summed E-state index contributed by atoms with van der Waals surface area (Å²) in [6, 6.07) is 0.697. The van der Waals surface area contributed by atoms with Gasteiger partial charge < -0.3 is 10.2 Å². The van der Waals surface area contributed by atoms with Crippen molar-refractivity contribution in [1.29, 1.82) is 0 Å². The number of hydrogen-bond donors (Lipinski definition) is 1. The topological polar surface area (TPSA) is 15.3 Å². The zero-order valence-electron chi connectivity index (χ0n) is 9.72. The van der Waals surface area contributed by atoms with Crippen molar-refractivity contribution in [3.63, 3.8) is 0 Å². The van der Waals surface area contributed by atoms with Crippen LogP contribution in [0.1, 0.15) is 34.1 Å². The molecule has 13 heavy (non-hydrogen) atoms. The minimum Gasteiger partial charge on any atom is -0.307 e. The maximum absolute atomic E-state index is 3.74. The second kappa shape index (κ2) is 3.97. The Bertz CT molecular complexity index is 163. The largest absolute Gasteiger partial charge is 0.307 e. The molecule has 1 saturated heterocycles. The van der Waals surface area contributed by atoms with Crippen LogP contribution in [0.5, 0.6) is 0 Å². The standard InChI is InChI=1S/C11H24N2/c1-9(2)11(3,4)12-10-6-7-13(5)8-10/h9-10,12H,6-8H2,1-5H3/t10-/m0/s1. The van der Waals surface area contributed by atoms with Crippen LogP contribution in [0, 0.1) is 5.92 Å². The van der Waals surface area contributed by atoms with E-state index in [1.54, 1.807) is 0 Å². The first-order chi connectivity index (χ1) is 5.92. The summed E-state index contributed by atoms with van der Waals surface area (Å²) in [7, 11) is 2.20. The van der Waals surface area contributed by atoms with Gasteiger partial charge in [-0.2, -0.15) is 0 Å². The van der Waals surface area contributed by atoms with E-state index in [1.165, 1.54) is 19.5 Å². The third kappa shape index (κ3) is 2.96. The van der Waals surface area contributed by atoms with Crippen molar-refractivity contribution in [3.05, 3.63) is 0 Å². The molecule has 0 aromatic carbocycles. The highest BCUT2D eigenvalue weighted by Gasteiger charge is 2.28. The van der Waals surface area contributed by atoms with Crippen molar-refractivity contribution in [2.75, 3.05) is 20.1 Å². The van der Waals surface area contributed by atoms with Gasteiger partial charge in [-0.1, -0.05) is 13.8 Å². The molecule has 2 heteroatoms. The van der Waals surface area contributed by atoms with E-state index in [9.17, 15) is 0 Å². The fourth-order valence-electron chi connectivity index (χ4n) is 1.75. The lowest BCUT2D eigenvalue weighted by atomic mass is 9.90. The average Bonchev–Trinajstić information content (AvgIpc) is 2.34. The summed E-state index contributed by atoms with van der Waals surface area (Å²) in [5, 5.41) is 3.74. The van der Waals surface area contributed by atoms with Gasteiger partial charge in [-0.15, -0.1) is 0 Å². The molecule has 0 unspecified atom stereocenters. The highest BCUT2D eigenvalue weighted by molar-refractivity contribution is 4.89. The van der Waals surface area contributed by atoms with Crippen LogP contribution in [-0.4, -0.2) is 36.6 Å². The number of rotatable bonds is 3. The van der Waals surface area contributed by atoms with Gasteiger partial charge in [0, 0.05) is 18.1 Å². The fraction of sp³-hybridized carbons (Fsp3) is 1.00. The molecule has 1 fully saturated rings. The normalized spacial score (nSPS) is 25.8. The Morgan fingerprint density at radius 3 is 2.38 bits per heavy atom. The molecular formula is C11H24N2. The molecule has 1 N–H and O–H groups in total. The van der Waals surface area contributed by atoms with Crippen molar-refractivity contribution in [3.8, 4) is 0 Å². The van der Waals surface area contributed by atoms with Crippen molar-refractivity contribution >= 4 is 0 Å². The average molecular weight is 184 g/mol. The maximum atomic E-state index is 3.74. The molecule has 0 spiro atoms. The molecule has 1 atom stereocenters. The van der Waals surface area contributed by atoms with Gasteiger partial charge in [-0.05, 0) is 39.8 Å². The predicted octanol–water partition coefficient (Wildman–Crippen LogP) is 1.71. The van der Waals surface area contributed by atoms with Crippen LogP contribution in [-0.2, 0) is 0 Å². The Morgan fingerprint density at radius 1 is 1.38 bits per heavy atom. The Hall–Kier alpha value is -0.0800. The molecule has 1 heterocycles. The van der Waals surface area contributed by atoms with Crippen LogP contribution in [0.25, 0.3) is 0 Å². The van der Waals surface area contributed by atoms with Crippen LogP contribution in [0.15, 0.2) is 0 Å².